The minimum absolute atomic E-state index is 0.195. The molecule has 5 nitrogen and oxygen atoms in total. The van der Waals surface area contributed by atoms with E-state index in [1.54, 1.807) is 25.1 Å². The van der Waals surface area contributed by atoms with Crippen LogP contribution < -0.4 is 4.74 Å². The summed E-state index contributed by atoms with van der Waals surface area (Å²) in [6.45, 7) is 3.20. The van der Waals surface area contributed by atoms with Gasteiger partial charge in [0.05, 0.1) is 23.8 Å². The number of nitrogens with zero attached hydrogens (tertiary/aromatic N) is 2. The highest BCUT2D eigenvalue weighted by Crippen LogP contribution is 2.34. The summed E-state index contributed by atoms with van der Waals surface area (Å²) in [6.07, 6.45) is 4.91. The van der Waals surface area contributed by atoms with Gasteiger partial charge in [0.1, 0.15) is 5.75 Å². The van der Waals surface area contributed by atoms with Crippen molar-refractivity contribution in [3.8, 4) is 5.75 Å². The van der Waals surface area contributed by atoms with Crippen LogP contribution in [-0.2, 0) is 0 Å². The average Bonchev–Trinajstić information content (AvgIpc) is 2.90. The van der Waals surface area contributed by atoms with Crippen LogP contribution in [0.2, 0.25) is 5.02 Å². The maximum atomic E-state index is 11.0. The van der Waals surface area contributed by atoms with Crippen LogP contribution in [0.1, 0.15) is 37.4 Å². The lowest BCUT2D eigenvalue weighted by atomic mass is 9.81. The molecule has 0 aliphatic carbocycles. The maximum absolute atomic E-state index is 11.0. The topological polar surface area (TPSA) is 65.8 Å². The molecule has 2 heterocycles. The van der Waals surface area contributed by atoms with Crippen molar-refractivity contribution in [2.45, 2.75) is 36.7 Å². The second-order valence-electron chi connectivity index (χ2n) is 9.30. The van der Waals surface area contributed by atoms with E-state index in [9.17, 15) is 10.2 Å². The van der Waals surface area contributed by atoms with Crippen molar-refractivity contribution < 1.29 is 14.9 Å². The van der Waals surface area contributed by atoms with Crippen LogP contribution in [0.3, 0.4) is 0 Å². The van der Waals surface area contributed by atoms with E-state index in [1.165, 1.54) is 0 Å². The Kier molecular flexibility index (Phi) is 9.69. The number of hydrogen-bond acceptors (Lipinski definition) is 6. The summed E-state index contributed by atoms with van der Waals surface area (Å²) in [7, 11) is 1.65. The average molecular weight is 515 g/mol. The number of rotatable bonds is 11. The van der Waals surface area contributed by atoms with Crippen LogP contribution in [0.25, 0.3) is 10.9 Å². The summed E-state index contributed by atoms with van der Waals surface area (Å²) in [5.74, 6) is 2.47. The molecular formula is C28H35ClN2O3S. The van der Waals surface area contributed by atoms with Crippen molar-refractivity contribution in [3.05, 3.63) is 65.3 Å². The Labute approximate surface area is 217 Å². The van der Waals surface area contributed by atoms with Crippen molar-refractivity contribution in [1.82, 2.24) is 9.88 Å². The van der Waals surface area contributed by atoms with Gasteiger partial charge in [0, 0.05) is 29.6 Å². The van der Waals surface area contributed by atoms with Crippen LogP contribution in [0, 0.1) is 11.8 Å². The molecule has 2 N–H and O–H groups in total. The van der Waals surface area contributed by atoms with Crippen molar-refractivity contribution in [3.63, 3.8) is 0 Å². The lowest BCUT2D eigenvalue weighted by molar-refractivity contribution is 0.0581. The van der Waals surface area contributed by atoms with Gasteiger partial charge in [0.25, 0.3) is 0 Å². The molecule has 1 fully saturated rings. The van der Waals surface area contributed by atoms with E-state index in [0.717, 1.165) is 76.8 Å². The highest BCUT2D eigenvalue weighted by atomic mass is 35.5. The fraction of sp³-hybridized carbons (Fsp3) is 0.464. The van der Waals surface area contributed by atoms with E-state index in [-0.39, 0.29) is 12.5 Å². The zero-order valence-electron chi connectivity index (χ0n) is 20.3. The second-order valence-corrected chi connectivity index (χ2v) is 10.8. The lowest BCUT2D eigenvalue weighted by Gasteiger charge is -2.38. The normalized spacial score (nSPS) is 19.7. The van der Waals surface area contributed by atoms with E-state index in [4.69, 9.17) is 16.3 Å². The molecule has 0 spiro atoms. The number of benzene rings is 2. The Bertz CT molecular complexity index is 1100. The number of methoxy groups -OCH3 is 1. The predicted octanol–water partition coefficient (Wildman–Crippen LogP) is 5.82. The third kappa shape index (κ3) is 6.89. The summed E-state index contributed by atoms with van der Waals surface area (Å²) in [6, 6.07) is 15.6. The van der Waals surface area contributed by atoms with E-state index >= 15 is 0 Å². The lowest BCUT2D eigenvalue weighted by Crippen LogP contribution is -2.42. The van der Waals surface area contributed by atoms with E-state index in [0.29, 0.717) is 12.3 Å². The smallest absolute Gasteiger partial charge is 0.119 e. The van der Waals surface area contributed by atoms with Gasteiger partial charge < -0.3 is 19.8 Å². The van der Waals surface area contributed by atoms with Gasteiger partial charge in [-0.15, -0.1) is 11.8 Å². The number of halogens is 1. The molecule has 4 rings (SSSR count). The highest BCUT2D eigenvalue weighted by molar-refractivity contribution is 7.99. The Balaban J connectivity index is 1.26. The van der Waals surface area contributed by atoms with Gasteiger partial charge in [-0.1, -0.05) is 23.7 Å². The van der Waals surface area contributed by atoms with Gasteiger partial charge in [0.15, 0.2) is 0 Å². The van der Waals surface area contributed by atoms with E-state index in [1.807, 2.05) is 42.5 Å². The van der Waals surface area contributed by atoms with Gasteiger partial charge in [-0.25, -0.2) is 0 Å². The van der Waals surface area contributed by atoms with E-state index in [2.05, 4.69) is 16.0 Å². The molecule has 1 saturated heterocycles. The molecule has 0 unspecified atom stereocenters. The molecule has 0 bridgehead atoms. The Morgan fingerprint density at radius 1 is 1.20 bits per heavy atom. The minimum Gasteiger partial charge on any atom is -0.497 e. The number of hydrogen-bond donors (Lipinski definition) is 2. The summed E-state index contributed by atoms with van der Waals surface area (Å²) >= 11 is 8.06. The zero-order chi connectivity index (χ0) is 24.6. The first-order valence-electron chi connectivity index (χ1n) is 12.4. The molecule has 1 aromatic heterocycles. The number of piperidine rings is 1. The monoisotopic (exact) mass is 514 g/mol. The number of aromatic nitrogens is 1. The minimum atomic E-state index is -0.563. The standard InChI is InChI=1S/C28H35ClN2O3S/c1-34-22-8-9-26-24(17-22)23(11-13-30-26)27(33)10-7-20-12-15-31(18-21(20)19-32)14-4-16-35-28-6-3-2-5-25(28)29/h2-3,5-6,8-9,11,13,17,20-21,27,32-33H,4,7,10,12,14-16,18-19H2,1H3/t20-,21-,27+/m1/s1. The fourth-order valence-electron chi connectivity index (χ4n) is 5.07. The highest BCUT2D eigenvalue weighted by Gasteiger charge is 2.29. The molecule has 2 aromatic carbocycles. The predicted molar refractivity (Wildman–Crippen MR) is 144 cm³/mol. The molecule has 0 radical (unpaired) electrons. The zero-order valence-corrected chi connectivity index (χ0v) is 21.8. The first-order valence-corrected chi connectivity index (χ1v) is 13.8. The van der Waals surface area contributed by atoms with Gasteiger partial charge in [-0.3, -0.25) is 4.98 Å². The molecular weight excluding hydrogens is 480 g/mol. The van der Waals surface area contributed by atoms with Gasteiger partial charge in [-0.05, 0) is 98.3 Å². The van der Waals surface area contributed by atoms with E-state index < -0.39 is 6.10 Å². The quantitative estimate of drug-likeness (QED) is 0.248. The third-order valence-electron chi connectivity index (χ3n) is 7.08. The van der Waals surface area contributed by atoms with Crippen LogP contribution in [0.5, 0.6) is 5.75 Å². The molecule has 3 aromatic rings. The van der Waals surface area contributed by atoms with Crippen LogP contribution in [-0.4, -0.2) is 59.2 Å². The molecule has 1 aliphatic rings. The molecule has 0 amide bonds. The Hall–Kier alpha value is -1.83. The molecule has 0 saturated carbocycles. The number of likely N-dealkylation sites (tertiary alicyclic amines) is 1. The van der Waals surface area contributed by atoms with Crippen molar-refractivity contribution in [2.24, 2.45) is 11.8 Å². The third-order valence-corrected chi connectivity index (χ3v) is 8.68. The molecule has 1 aliphatic heterocycles. The van der Waals surface area contributed by atoms with Crippen LogP contribution in [0.4, 0.5) is 0 Å². The number of aliphatic hydroxyl groups is 2. The number of pyridine rings is 1. The van der Waals surface area contributed by atoms with Crippen molar-refractivity contribution >= 4 is 34.3 Å². The summed E-state index contributed by atoms with van der Waals surface area (Å²) in [5.41, 5.74) is 1.75. The molecule has 7 heteroatoms. The second kappa shape index (κ2) is 12.9. The summed E-state index contributed by atoms with van der Waals surface area (Å²) in [4.78, 5) is 8.04. The van der Waals surface area contributed by atoms with Gasteiger partial charge in [-0.2, -0.15) is 0 Å². The number of thioether (sulfide) groups is 1. The number of aliphatic hydroxyl groups excluding tert-OH is 2. The van der Waals surface area contributed by atoms with Crippen molar-refractivity contribution in [1.29, 1.82) is 0 Å². The number of ether oxygens (including phenoxy) is 1. The largest absolute Gasteiger partial charge is 0.497 e. The van der Waals surface area contributed by atoms with Gasteiger partial charge >= 0.3 is 0 Å². The molecule has 35 heavy (non-hydrogen) atoms. The fourth-order valence-corrected chi connectivity index (χ4v) is 6.24. The first-order chi connectivity index (χ1) is 17.1. The van der Waals surface area contributed by atoms with Crippen molar-refractivity contribution in [2.75, 3.05) is 39.1 Å². The maximum Gasteiger partial charge on any atom is 0.119 e. The van der Waals surface area contributed by atoms with Gasteiger partial charge in [0.2, 0.25) is 0 Å². The summed E-state index contributed by atoms with van der Waals surface area (Å²) < 4.78 is 5.36. The Morgan fingerprint density at radius 2 is 2.06 bits per heavy atom. The number of fused-ring (bicyclic) bond motifs is 1. The Morgan fingerprint density at radius 3 is 2.86 bits per heavy atom. The summed E-state index contributed by atoms with van der Waals surface area (Å²) in [5, 5.41) is 22.9. The molecule has 188 valence electrons. The van der Waals surface area contributed by atoms with Crippen LogP contribution >= 0.6 is 23.4 Å². The van der Waals surface area contributed by atoms with Crippen LogP contribution in [0.15, 0.2) is 59.6 Å². The first kappa shape index (κ1) is 26.2. The molecule has 3 atom stereocenters. The SMILES string of the molecule is COc1ccc2nccc([C@@H](O)CC[C@@H]3CCN(CCCSc4ccccc4Cl)C[C@@H]3CO)c2c1.